The first-order chi connectivity index (χ1) is 16.1. The van der Waals surface area contributed by atoms with E-state index in [1.165, 1.54) is 18.5 Å². The molecule has 0 atom stereocenters. The summed E-state index contributed by atoms with van der Waals surface area (Å²) in [5.41, 5.74) is 0.932. The van der Waals surface area contributed by atoms with Crippen LogP contribution in [0.5, 0.6) is 11.6 Å². The Kier molecular flexibility index (Phi) is 9.81. The maximum Gasteiger partial charge on any atom is 0.417 e. The number of ether oxygens (including phenoxy) is 1. The molecule has 3 rings (SSSR count). The van der Waals surface area contributed by atoms with Gasteiger partial charge in [-0.25, -0.2) is 15.0 Å². The third kappa shape index (κ3) is 8.70. The number of aryl methyl sites for hydroxylation is 1. The van der Waals surface area contributed by atoms with Crippen LogP contribution in [0.3, 0.4) is 0 Å². The standard InChI is InChI=1S/C19H16ClF3N4O.C4H6O2/c1-12-17(20)18(27-11-26-12)24-9-8-13-2-5-15(6-3-13)28-16-7-4-14(10-25-16)19(21,22)23;1-2-3-4(5)6/h2-7,10-11H,8-9H2,1H3,(H,24,26,27);2H,1,3H2,(H,5,6). The minimum atomic E-state index is -4.42. The number of hydrogen-bond acceptors (Lipinski definition) is 6. The molecule has 0 radical (unpaired) electrons. The van der Waals surface area contributed by atoms with Gasteiger partial charge in [0.1, 0.15) is 22.9 Å². The molecule has 7 nitrogen and oxygen atoms in total. The molecular formula is C23H22ClF3N4O3. The van der Waals surface area contributed by atoms with E-state index in [0.29, 0.717) is 28.8 Å². The predicted molar refractivity (Wildman–Crippen MR) is 122 cm³/mol. The zero-order valence-corrected chi connectivity index (χ0v) is 18.9. The van der Waals surface area contributed by atoms with E-state index in [4.69, 9.17) is 21.4 Å². The highest BCUT2D eigenvalue weighted by atomic mass is 35.5. The number of carbonyl (C=O) groups is 1. The van der Waals surface area contributed by atoms with Crippen molar-refractivity contribution in [3.8, 4) is 11.6 Å². The van der Waals surface area contributed by atoms with Gasteiger partial charge in [0.25, 0.3) is 0 Å². The zero-order valence-electron chi connectivity index (χ0n) is 18.1. The second-order valence-corrected chi connectivity index (χ2v) is 7.19. The van der Waals surface area contributed by atoms with Gasteiger partial charge in [0.15, 0.2) is 0 Å². The summed E-state index contributed by atoms with van der Waals surface area (Å²) in [4.78, 5) is 21.3. The van der Waals surface area contributed by atoms with Crippen molar-refractivity contribution in [2.75, 3.05) is 11.9 Å². The van der Waals surface area contributed by atoms with Gasteiger partial charge in [-0.2, -0.15) is 13.2 Å². The number of nitrogens with zero attached hydrogens (tertiary/aromatic N) is 3. The molecule has 2 aromatic heterocycles. The number of carboxylic acids is 1. The Balaban J connectivity index is 0.000000604. The highest BCUT2D eigenvalue weighted by Crippen LogP contribution is 2.30. The Morgan fingerprint density at radius 1 is 1.18 bits per heavy atom. The second kappa shape index (κ2) is 12.5. The minimum Gasteiger partial charge on any atom is -0.481 e. The van der Waals surface area contributed by atoms with Gasteiger partial charge in [0, 0.05) is 18.8 Å². The SMILES string of the molecule is C=CCC(=O)O.Cc1ncnc(NCCc2ccc(Oc3ccc(C(F)(F)F)cn3)cc2)c1Cl. The fraction of sp³-hybridized carbons (Fsp3) is 0.217. The number of halogens is 4. The van der Waals surface area contributed by atoms with Crippen molar-refractivity contribution in [3.63, 3.8) is 0 Å². The first kappa shape index (κ1) is 26.6. The topological polar surface area (TPSA) is 97.2 Å². The zero-order chi connectivity index (χ0) is 25.1. The van der Waals surface area contributed by atoms with Crippen LogP contribution in [0.4, 0.5) is 19.0 Å². The largest absolute Gasteiger partial charge is 0.481 e. The molecule has 0 aliphatic heterocycles. The molecule has 0 bridgehead atoms. The van der Waals surface area contributed by atoms with Crippen molar-refractivity contribution in [1.29, 1.82) is 0 Å². The summed E-state index contributed by atoms with van der Waals surface area (Å²) in [6.45, 7) is 5.65. The summed E-state index contributed by atoms with van der Waals surface area (Å²) in [6, 6.07) is 9.32. The molecule has 180 valence electrons. The lowest BCUT2D eigenvalue weighted by Crippen LogP contribution is -2.07. The van der Waals surface area contributed by atoms with E-state index >= 15 is 0 Å². The number of nitrogens with one attached hydrogen (secondary N) is 1. The van der Waals surface area contributed by atoms with Crippen molar-refractivity contribution < 1.29 is 27.8 Å². The van der Waals surface area contributed by atoms with Gasteiger partial charge in [-0.15, -0.1) is 6.58 Å². The van der Waals surface area contributed by atoms with Crippen LogP contribution in [-0.4, -0.2) is 32.6 Å². The van der Waals surface area contributed by atoms with Crippen molar-refractivity contribution in [1.82, 2.24) is 15.0 Å². The molecular weight excluding hydrogens is 473 g/mol. The van der Waals surface area contributed by atoms with Crippen molar-refractivity contribution in [3.05, 3.63) is 83.4 Å². The summed E-state index contributed by atoms with van der Waals surface area (Å²) in [7, 11) is 0. The van der Waals surface area contributed by atoms with Crippen LogP contribution < -0.4 is 10.1 Å². The Labute approximate surface area is 199 Å². The number of anilines is 1. The average molecular weight is 495 g/mol. The number of alkyl halides is 3. The smallest absolute Gasteiger partial charge is 0.417 e. The minimum absolute atomic E-state index is 0.0556. The van der Waals surface area contributed by atoms with Crippen molar-refractivity contribution in [2.24, 2.45) is 0 Å². The first-order valence-corrected chi connectivity index (χ1v) is 10.3. The number of carboxylic acid groups (broad SMARTS) is 1. The first-order valence-electron chi connectivity index (χ1n) is 9.94. The van der Waals surface area contributed by atoms with Gasteiger partial charge in [-0.1, -0.05) is 29.8 Å². The number of hydrogen-bond donors (Lipinski definition) is 2. The molecule has 0 aliphatic rings. The molecule has 3 aromatic rings. The maximum atomic E-state index is 12.5. The van der Waals surface area contributed by atoms with E-state index in [1.54, 1.807) is 19.1 Å². The lowest BCUT2D eigenvalue weighted by Gasteiger charge is -2.10. The van der Waals surface area contributed by atoms with E-state index in [2.05, 4.69) is 26.8 Å². The molecule has 34 heavy (non-hydrogen) atoms. The molecule has 0 saturated carbocycles. The number of aromatic nitrogens is 3. The highest BCUT2D eigenvalue weighted by Gasteiger charge is 2.30. The van der Waals surface area contributed by atoms with Gasteiger partial charge >= 0.3 is 12.1 Å². The number of pyridine rings is 1. The normalized spacial score (nSPS) is 10.6. The second-order valence-electron chi connectivity index (χ2n) is 6.81. The molecule has 1 aromatic carbocycles. The quantitative estimate of drug-likeness (QED) is 0.374. The van der Waals surface area contributed by atoms with Crippen molar-refractivity contribution in [2.45, 2.75) is 25.9 Å². The van der Waals surface area contributed by atoms with Crippen LogP contribution in [0.1, 0.15) is 23.2 Å². The molecule has 2 heterocycles. The molecule has 0 aliphatic carbocycles. The lowest BCUT2D eigenvalue weighted by atomic mass is 10.1. The molecule has 2 N–H and O–H groups in total. The van der Waals surface area contributed by atoms with Crippen molar-refractivity contribution >= 4 is 23.4 Å². The molecule has 0 amide bonds. The molecule has 0 unspecified atom stereocenters. The van der Waals surface area contributed by atoms with Crippen LogP contribution >= 0.6 is 11.6 Å². The summed E-state index contributed by atoms with van der Waals surface area (Å²) in [5, 5.41) is 11.5. The predicted octanol–water partition coefficient (Wildman–Crippen LogP) is 5.95. The van der Waals surface area contributed by atoms with E-state index < -0.39 is 17.7 Å². The summed E-state index contributed by atoms with van der Waals surface area (Å²) < 4.78 is 43.1. The van der Waals surface area contributed by atoms with E-state index in [-0.39, 0.29) is 12.3 Å². The Bertz CT molecular complexity index is 1090. The van der Waals surface area contributed by atoms with E-state index in [9.17, 15) is 18.0 Å². The van der Waals surface area contributed by atoms with Crippen LogP contribution in [0.25, 0.3) is 0 Å². The van der Waals surface area contributed by atoms with E-state index in [0.717, 1.165) is 24.2 Å². The summed E-state index contributed by atoms with van der Waals surface area (Å²) in [6.07, 6.45) is -0.100. The van der Waals surface area contributed by atoms with Crippen LogP contribution in [0, 0.1) is 6.92 Å². The molecule has 11 heteroatoms. The Morgan fingerprint density at radius 3 is 2.41 bits per heavy atom. The summed E-state index contributed by atoms with van der Waals surface area (Å²) >= 11 is 6.14. The number of rotatable bonds is 8. The molecule has 0 spiro atoms. The maximum absolute atomic E-state index is 12.5. The number of benzene rings is 1. The van der Waals surface area contributed by atoms with E-state index in [1.807, 2.05) is 12.1 Å². The van der Waals surface area contributed by atoms with Gasteiger partial charge in [-0.05, 0) is 37.1 Å². The third-order valence-corrected chi connectivity index (χ3v) is 4.65. The average Bonchev–Trinajstić information content (AvgIpc) is 2.78. The van der Waals surface area contributed by atoms with Gasteiger partial charge < -0.3 is 15.2 Å². The summed E-state index contributed by atoms with van der Waals surface area (Å²) in [5.74, 6) is 0.335. The molecule has 0 fully saturated rings. The third-order valence-electron chi connectivity index (χ3n) is 4.20. The Morgan fingerprint density at radius 2 is 1.88 bits per heavy atom. The van der Waals surface area contributed by atoms with Gasteiger partial charge in [0.05, 0.1) is 17.7 Å². The van der Waals surface area contributed by atoms with Gasteiger partial charge in [-0.3, -0.25) is 4.79 Å². The monoisotopic (exact) mass is 494 g/mol. The fourth-order valence-electron chi connectivity index (χ4n) is 2.48. The van der Waals surface area contributed by atoms with Crippen LogP contribution in [0.15, 0.2) is 61.6 Å². The molecule has 0 saturated heterocycles. The van der Waals surface area contributed by atoms with Crippen LogP contribution in [-0.2, 0) is 17.4 Å². The lowest BCUT2D eigenvalue weighted by molar-refractivity contribution is -0.138. The number of aliphatic carboxylic acids is 1. The highest BCUT2D eigenvalue weighted by molar-refractivity contribution is 6.33. The Hall–Kier alpha value is -3.66. The van der Waals surface area contributed by atoms with Crippen LogP contribution in [0.2, 0.25) is 5.02 Å². The van der Waals surface area contributed by atoms with Gasteiger partial charge in [0.2, 0.25) is 5.88 Å². The fourth-order valence-corrected chi connectivity index (χ4v) is 2.65.